The molecule has 12 nitrogen and oxygen atoms in total. The van der Waals surface area contributed by atoms with Gasteiger partial charge in [-0.25, -0.2) is 0 Å². The molecule has 0 radical (unpaired) electrons. The fourth-order valence-corrected chi connectivity index (χ4v) is 7.20. The Kier molecular flexibility index (Phi) is 15.6. The van der Waals surface area contributed by atoms with Crippen LogP contribution in [0, 0.1) is 5.92 Å². The Balaban J connectivity index is 1.75. The molecule has 4 N–H and O–H groups in total. The predicted molar refractivity (Wildman–Crippen MR) is 173 cm³/mol. The first kappa shape index (κ1) is 40.2. The van der Waals surface area contributed by atoms with Gasteiger partial charge < -0.3 is 53.6 Å². The van der Waals surface area contributed by atoms with E-state index in [9.17, 15) is 20.1 Å². The molecular formula is C35H62O12. The van der Waals surface area contributed by atoms with Crippen LogP contribution in [0.5, 0.6) is 0 Å². The lowest BCUT2D eigenvalue weighted by atomic mass is 9.87. The molecular weight excluding hydrogens is 612 g/mol. The number of allylic oxidation sites excluding steroid dienone is 1. The zero-order valence-electron chi connectivity index (χ0n) is 29.8. The number of unbranched alkanes of at least 4 members (excludes halogenated alkanes) is 4. The summed E-state index contributed by atoms with van der Waals surface area (Å²) in [4.78, 5) is 10.9. The van der Waals surface area contributed by atoms with Gasteiger partial charge in [0.15, 0.2) is 11.6 Å². The monoisotopic (exact) mass is 674 g/mol. The third kappa shape index (κ3) is 12.3. The molecule has 3 aliphatic rings. The highest BCUT2D eigenvalue weighted by Crippen LogP contribution is 2.43. The van der Waals surface area contributed by atoms with Gasteiger partial charge in [-0.15, -0.1) is 0 Å². The largest absolute Gasteiger partial charge is 0.481 e. The lowest BCUT2D eigenvalue weighted by molar-refractivity contribution is -0.229. The topological polar surface area (TPSA) is 163 Å². The second-order valence-electron chi connectivity index (χ2n) is 14.6. The number of carboxylic acids is 1. The molecule has 0 aromatic heterocycles. The van der Waals surface area contributed by atoms with Crippen molar-refractivity contribution in [2.75, 3.05) is 13.9 Å². The van der Waals surface area contributed by atoms with Crippen molar-refractivity contribution in [2.45, 2.75) is 185 Å². The van der Waals surface area contributed by atoms with Crippen molar-refractivity contribution in [1.82, 2.24) is 0 Å². The summed E-state index contributed by atoms with van der Waals surface area (Å²) < 4.78 is 44.0. The molecule has 0 unspecified atom stereocenters. The van der Waals surface area contributed by atoms with E-state index in [0.29, 0.717) is 12.8 Å². The lowest BCUT2D eigenvalue weighted by Gasteiger charge is -2.43. The van der Waals surface area contributed by atoms with Gasteiger partial charge in [0.25, 0.3) is 0 Å². The number of fused-ring (bicyclic) bond motifs is 1. The van der Waals surface area contributed by atoms with Crippen molar-refractivity contribution in [3.8, 4) is 0 Å². The molecule has 0 saturated carbocycles. The smallest absolute Gasteiger partial charge is 0.306 e. The summed E-state index contributed by atoms with van der Waals surface area (Å²) >= 11 is 0. The molecule has 0 aromatic rings. The molecule has 11 atom stereocenters. The van der Waals surface area contributed by atoms with Gasteiger partial charge in [0.1, 0.15) is 31.2 Å². The van der Waals surface area contributed by atoms with Crippen molar-refractivity contribution in [3.05, 3.63) is 11.6 Å². The average Bonchev–Trinajstić information content (AvgIpc) is 3.44. The van der Waals surface area contributed by atoms with Gasteiger partial charge in [-0.1, -0.05) is 57.6 Å². The Morgan fingerprint density at radius 1 is 0.872 bits per heavy atom. The van der Waals surface area contributed by atoms with E-state index in [1.165, 1.54) is 25.7 Å². The average molecular weight is 675 g/mol. The van der Waals surface area contributed by atoms with E-state index in [1.54, 1.807) is 7.11 Å². The normalized spacial score (nSPS) is 32.9. The minimum Gasteiger partial charge on any atom is -0.481 e. The highest BCUT2D eigenvalue weighted by atomic mass is 16.8. The van der Waals surface area contributed by atoms with Crippen LogP contribution < -0.4 is 0 Å². The standard InChI is InChI=1S/C35H62O12/c1-9-10-11-12-13-14-25-26(45-34(4,5)44-25)19-28-32-33(47-35(6,7)46-32)31(42-20-41-8)27(43-28)17-22(3)15-21(2)16-23(36)30(40)24(37)18-29(38)39/h15,21,23-28,30-33,36-37,40H,9-14,16-20H2,1-8H3,(H,38,39)/b22-15+/t21-,23+,24-,25-,26-,27+,28-,30-,31-,32-,33+/m1/s1. The van der Waals surface area contributed by atoms with Crippen LogP contribution in [0.4, 0.5) is 0 Å². The van der Waals surface area contributed by atoms with Crippen LogP contribution in [0.25, 0.3) is 0 Å². The van der Waals surface area contributed by atoms with E-state index in [-0.39, 0.29) is 37.4 Å². The number of carbonyl (C=O) groups is 1. The summed E-state index contributed by atoms with van der Waals surface area (Å²) in [5, 5.41) is 39.5. The van der Waals surface area contributed by atoms with Gasteiger partial charge in [-0.05, 0) is 59.8 Å². The first-order chi connectivity index (χ1) is 22.1. The van der Waals surface area contributed by atoms with Crippen LogP contribution in [-0.2, 0) is 38.0 Å². The number of hydrogen-bond donors (Lipinski definition) is 4. The van der Waals surface area contributed by atoms with Gasteiger partial charge in [0.05, 0.1) is 43.0 Å². The Hall–Kier alpha value is -1.19. The van der Waals surface area contributed by atoms with E-state index >= 15 is 0 Å². The first-order valence-electron chi connectivity index (χ1n) is 17.5. The number of methoxy groups -OCH3 is 1. The maximum Gasteiger partial charge on any atom is 0.306 e. The Labute approximate surface area is 281 Å². The summed E-state index contributed by atoms with van der Waals surface area (Å²) in [6.45, 7) is 13.8. The molecule has 3 rings (SSSR count). The molecule has 3 fully saturated rings. The number of carboxylic acid groups (broad SMARTS) is 1. The maximum atomic E-state index is 10.9. The molecule has 47 heavy (non-hydrogen) atoms. The SMILES string of the molecule is CCCCCCC[C@H]1OC(C)(C)O[C@@H]1C[C@H]1O[C@@H](C/C(C)=C/[C@@H](C)C[C@H](O)[C@@H](O)[C@H](O)CC(=O)O)[C@@H](OCOC)[C@@H]2OC(C)(C)O[C@@H]21. The second-order valence-corrected chi connectivity index (χ2v) is 14.6. The number of aliphatic hydroxyl groups excluding tert-OH is 3. The third-order valence-electron chi connectivity index (χ3n) is 9.17. The minimum atomic E-state index is -1.57. The minimum absolute atomic E-state index is 0.0526. The van der Waals surface area contributed by atoms with E-state index in [0.717, 1.165) is 18.4 Å². The lowest BCUT2D eigenvalue weighted by Crippen LogP contribution is -2.58. The van der Waals surface area contributed by atoms with Gasteiger partial charge in [-0.3, -0.25) is 4.79 Å². The number of aliphatic hydroxyl groups is 3. The van der Waals surface area contributed by atoms with Gasteiger partial charge in [0, 0.05) is 13.5 Å². The van der Waals surface area contributed by atoms with Crippen molar-refractivity contribution < 1.29 is 58.4 Å². The summed E-state index contributed by atoms with van der Waals surface area (Å²) in [6, 6.07) is 0. The van der Waals surface area contributed by atoms with Gasteiger partial charge >= 0.3 is 5.97 Å². The Morgan fingerprint density at radius 3 is 2.17 bits per heavy atom. The van der Waals surface area contributed by atoms with Crippen molar-refractivity contribution in [2.24, 2.45) is 5.92 Å². The van der Waals surface area contributed by atoms with E-state index in [4.69, 9.17) is 38.3 Å². The second kappa shape index (κ2) is 18.2. The highest BCUT2D eigenvalue weighted by molar-refractivity contribution is 5.67. The summed E-state index contributed by atoms with van der Waals surface area (Å²) in [5.41, 5.74) is 0.975. The maximum absolute atomic E-state index is 10.9. The van der Waals surface area contributed by atoms with Crippen LogP contribution in [0.2, 0.25) is 0 Å². The molecule has 12 heteroatoms. The van der Waals surface area contributed by atoms with Gasteiger partial charge in [-0.2, -0.15) is 0 Å². The van der Waals surface area contributed by atoms with E-state index in [1.807, 2.05) is 47.6 Å². The number of rotatable bonds is 20. The Morgan fingerprint density at radius 2 is 1.51 bits per heavy atom. The molecule has 3 heterocycles. The van der Waals surface area contributed by atoms with Crippen LogP contribution in [0.15, 0.2) is 11.6 Å². The molecule has 0 bridgehead atoms. The Bertz CT molecular complexity index is 986. The molecule has 274 valence electrons. The van der Waals surface area contributed by atoms with Crippen LogP contribution in [0.1, 0.15) is 113 Å². The molecule has 3 aliphatic heterocycles. The zero-order valence-corrected chi connectivity index (χ0v) is 29.8. The fourth-order valence-electron chi connectivity index (χ4n) is 7.20. The summed E-state index contributed by atoms with van der Waals surface area (Å²) in [7, 11) is 1.57. The molecule has 3 saturated heterocycles. The number of aliphatic carboxylic acids is 1. The molecule has 0 aliphatic carbocycles. The van der Waals surface area contributed by atoms with Crippen molar-refractivity contribution in [1.29, 1.82) is 0 Å². The van der Waals surface area contributed by atoms with Crippen molar-refractivity contribution in [3.63, 3.8) is 0 Å². The predicted octanol–water partition coefficient (Wildman–Crippen LogP) is 4.45. The van der Waals surface area contributed by atoms with Crippen LogP contribution in [-0.4, -0.2) is 113 Å². The van der Waals surface area contributed by atoms with Crippen molar-refractivity contribution >= 4 is 5.97 Å². The zero-order chi connectivity index (χ0) is 34.9. The summed E-state index contributed by atoms with van der Waals surface area (Å²) in [6.07, 6.45) is 2.66. The number of hydrogen-bond acceptors (Lipinski definition) is 11. The van der Waals surface area contributed by atoms with E-state index in [2.05, 4.69) is 6.92 Å². The van der Waals surface area contributed by atoms with Crippen LogP contribution >= 0.6 is 0 Å². The van der Waals surface area contributed by atoms with Crippen LogP contribution in [0.3, 0.4) is 0 Å². The molecule has 0 spiro atoms. The van der Waals surface area contributed by atoms with E-state index < -0.39 is 66.7 Å². The highest BCUT2D eigenvalue weighted by Gasteiger charge is 2.57. The van der Waals surface area contributed by atoms with Gasteiger partial charge in [0.2, 0.25) is 0 Å². The fraction of sp³-hybridized carbons (Fsp3) is 0.914. The molecule has 0 aromatic carbocycles. The first-order valence-corrected chi connectivity index (χ1v) is 17.5. The summed E-state index contributed by atoms with van der Waals surface area (Å²) in [5.74, 6) is -2.97. The molecule has 0 amide bonds. The number of ether oxygens (including phenoxy) is 7. The quantitative estimate of drug-likeness (QED) is 0.0817. The third-order valence-corrected chi connectivity index (χ3v) is 9.17.